The molecule has 1 amide bonds. The lowest BCUT2D eigenvalue weighted by Gasteiger charge is -2.18. The molecule has 24 heavy (non-hydrogen) atoms. The van der Waals surface area contributed by atoms with E-state index in [-0.39, 0.29) is 11.9 Å². The van der Waals surface area contributed by atoms with E-state index in [1.54, 1.807) is 24.3 Å². The molecule has 0 heterocycles. The normalized spacial score (nSPS) is 12.5. The number of benzene rings is 2. The number of anilines is 1. The van der Waals surface area contributed by atoms with Gasteiger partial charge in [-0.3, -0.25) is 9.52 Å². The first-order chi connectivity index (χ1) is 11.3. The third kappa shape index (κ3) is 5.09. The van der Waals surface area contributed by atoms with Gasteiger partial charge in [-0.2, -0.15) is 0 Å². The average Bonchev–Trinajstić information content (AvgIpc) is 2.52. The van der Waals surface area contributed by atoms with Crippen molar-refractivity contribution in [2.75, 3.05) is 11.0 Å². The van der Waals surface area contributed by atoms with Crippen LogP contribution in [0.2, 0.25) is 0 Å². The van der Waals surface area contributed by atoms with Crippen molar-refractivity contribution in [3.8, 4) is 0 Å². The van der Waals surface area contributed by atoms with Crippen LogP contribution >= 0.6 is 0 Å². The second-order valence-corrected chi connectivity index (χ2v) is 7.55. The van der Waals surface area contributed by atoms with Crippen LogP contribution in [0.5, 0.6) is 0 Å². The molecule has 6 heteroatoms. The summed E-state index contributed by atoms with van der Waals surface area (Å²) in [7, 11) is -3.32. The summed E-state index contributed by atoms with van der Waals surface area (Å²) in [5.41, 5.74) is 3.15. The molecule has 2 aromatic carbocycles. The SMILES string of the molecule is CCC(NC(=O)c1ccc(NS(C)(=O)=O)cc1)c1ccc(C)cc1. The quantitative estimate of drug-likeness (QED) is 0.843. The first-order valence-corrected chi connectivity index (χ1v) is 9.63. The minimum absolute atomic E-state index is 0.0630. The maximum atomic E-state index is 12.4. The minimum atomic E-state index is -3.32. The highest BCUT2D eigenvalue weighted by atomic mass is 32.2. The fraction of sp³-hybridized carbons (Fsp3) is 0.278. The van der Waals surface area contributed by atoms with E-state index >= 15 is 0 Å². The Morgan fingerprint density at radius 1 is 1.04 bits per heavy atom. The van der Waals surface area contributed by atoms with Crippen molar-refractivity contribution in [1.29, 1.82) is 0 Å². The molecule has 0 aromatic heterocycles. The number of sulfonamides is 1. The zero-order chi connectivity index (χ0) is 17.7. The van der Waals surface area contributed by atoms with E-state index in [0.29, 0.717) is 11.3 Å². The van der Waals surface area contributed by atoms with E-state index in [4.69, 9.17) is 0 Å². The van der Waals surface area contributed by atoms with Gasteiger partial charge in [-0.05, 0) is 43.2 Å². The van der Waals surface area contributed by atoms with E-state index in [1.165, 1.54) is 5.56 Å². The summed E-state index contributed by atoms with van der Waals surface area (Å²) in [6, 6.07) is 14.4. The van der Waals surface area contributed by atoms with Crippen molar-refractivity contribution in [3.05, 3.63) is 65.2 Å². The lowest BCUT2D eigenvalue weighted by atomic mass is 10.0. The Bertz CT molecular complexity index is 797. The van der Waals surface area contributed by atoms with E-state index in [2.05, 4.69) is 10.0 Å². The summed E-state index contributed by atoms with van der Waals surface area (Å²) < 4.78 is 24.8. The van der Waals surface area contributed by atoms with Crippen molar-refractivity contribution >= 4 is 21.6 Å². The zero-order valence-corrected chi connectivity index (χ0v) is 14.9. The Labute approximate surface area is 143 Å². The van der Waals surface area contributed by atoms with Crippen LogP contribution < -0.4 is 10.0 Å². The fourth-order valence-corrected chi connectivity index (χ4v) is 2.93. The second-order valence-electron chi connectivity index (χ2n) is 5.80. The van der Waals surface area contributed by atoms with Crippen LogP contribution in [0.15, 0.2) is 48.5 Å². The molecular formula is C18H22N2O3S. The summed E-state index contributed by atoms with van der Waals surface area (Å²) in [4.78, 5) is 12.4. The van der Waals surface area contributed by atoms with Gasteiger partial charge in [-0.1, -0.05) is 36.8 Å². The van der Waals surface area contributed by atoms with Crippen LogP contribution in [0.3, 0.4) is 0 Å². The average molecular weight is 346 g/mol. The topological polar surface area (TPSA) is 75.3 Å². The Hall–Kier alpha value is -2.34. The third-order valence-corrected chi connectivity index (χ3v) is 4.25. The molecule has 0 saturated carbocycles. The van der Waals surface area contributed by atoms with Gasteiger partial charge in [0.2, 0.25) is 10.0 Å². The van der Waals surface area contributed by atoms with E-state index in [1.807, 2.05) is 38.1 Å². The van der Waals surface area contributed by atoms with E-state index < -0.39 is 10.0 Å². The molecule has 2 rings (SSSR count). The predicted octanol–water partition coefficient (Wildman–Crippen LogP) is 3.25. The molecule has 128 valence electrons. The van der Waals surface area contributed by atoms with Gasteiger partial charge in [-0.25, -0.2) is 8.42 Å². The molecule has 2 aromatic rings. The number of carbonyl (C=O) groups excluding carboxylic acids is 1. The van der Waals surface area contributed by atoms with E-state index in [0.717, 1.165) is 18.2 Å². The van der Waals surface area contributed by atoms with Crippen LogP contribution in [0.1, 0.15) is 40.9 Å². The van der Waals surface area contributed by atoms with Crippen LogP contribution in [-0.2, 0) is 10.0 Å². The summed E-state index contributed by atoms with van der Waals surface area (Å²) in [5.74, 6) is -0.187. The lowest BCUT2D eigenvalue weighted by Crippen LogP contribution is -2.28. The first-order valence-electron chi connectivity index (χ1n) is 7.74. The molecule has 0 radical (unpaired) electrons. The highest BCUT2D eigenvalue weighted by Gasteiger charge is 2.14. The lowest BCUT2D eigenvalue weighted by molar-refractivity contribution is 0.0935. The largest absolute Gasteiger partial charge is 0.345 e. The van der Waals surface area contributed by atoms with E-state index in [9.17, 15) is 13.2 Å². The number of aryl methyl sites for hydroxylation is 1. The van der Waals surface area contributed by atoms with Crippen molar-refractivity contribution < 1.29 is 13.2 Å². The van der Waals surface area contributed by atoms with Gasteiger partial charge in [-0.15, -0.1) is 0 Å². The van der Waals surface area contributed by atoms with Crippen molar-refractivity contribution in [1.82, 2.24) is 5.32 Å². The van der Waals surface area contributed by atoms with Crippen molar-refractivity contribution in [3.63, 3.8) is 0 Å². The van der Waals surface area contributed by atoms with Crippen molar-refractivity contribution in [2.24, 2.45) is 0 Å². The monoisotopic (exact) mass is 346 g/mol. The number of rotatable bonds is 6. The Morgan fingerprint density at radius 3 is 2.12 bits per heavy atom. The Balaban J connectivity index is 2.09. The van der Waals surface area contributed by atoms with Gasteiger partial charge in [0.1, 0.15) is 0 Å². The van der Waals surface area contributed by atoms with Crippen LogP contribution in [-0.4, -0.2) is 20.6 Å². The predicted molar refractivity (Wildman–Crippen MR) is 96.6 cm³/mol. The molecule has 0 aliphatic heterocycles. The van der Waals surface area contributed by atoms with Gasteiger partial charge in [0, 0.05) is 11.3 Å². The van der Waals surface area contributed by atoms with Crippen molar-refractivity contribution in [2.45, 2.75) is 26.3 Å². The number of hydrogen-bond donors (Lipinski definition) is 2. The second kappa shape index (κ2) is 7.49. The molecular weight excluding hydrogens is 324 g/mol. The molecule has 1 unspecified atom stereocenters. The van der Waals surface area contributed by atoms with Gasteiger partial charge in [0.25, 0.3) is 5.91 Å². The maximum Gasteiger partial charge on any atom is 0.251 e. The summed E-state index contributed by atoms with van der Waals surface area (Å²) in [6.45, 7) is 4.04. The number of nitrogens with one attached hydrogen (secondary N) is 2. The number of hydrogen-bond acceptors (Lipinski definition) is 3. The number of amides is 1. The minimum Gasteiger partial charge on any atom is -0.345 e. The van der Waals surface area contributed by atoms with Crippen LogP contribution in [0.4, 0.5) is 5.69 Å². The molecule has 1 atom stereocenters. The molecule has 0 saturated heterocycles. The van der Waals surface area contributed by atoms with Gasteiger partial charge >= 0.3 is 0 Å². The maximum absolute atomic E-state index is 12.4. The molecule has 0 bridgehead atoms. The Kier molecular flexibility index (Phi) is 5.62. The zero-order valence-electron chi connectivity index (χ0n) is 14.0. The standard InChI is InChI=1S/C18H22N2O3S/c1-4-17(14-7-5-13(2)6-8-14)19-18(21)15-9-11-16(12-10-15)20-24(3,22)23/h5-12,17,20H,4H2,1-3H3,(H,19,21). The third-order valence-electron chi connectivity index (χ3n) is 3.64. The summed E-state index contributed by atoms with van der Waals surface area (Å²) >= 11 is 0. The first kappa shape index (κ1) is 18.0. The highest BCUT2D eigenvalue weighted by Crippen LogP contribution is 2.18. The fourth-order valence-electron chi connectivity index (χ4n) is 2.37. The Morgan fingerprint density at radius 2 is 1.62 bits per heavy atom. The highest BCUT2D eigenvalue weighted by molar-refractivity contribution is 7.92. The van der Waals surface area contributed by atoms with Gasteiger partial charge < -0.3 is 5.32 Å². The number of carbonyl (C=O) groups is 1. The van der Waals surface area contributed by atoms with Crippen LogP contribution in [0, 0.1) is 6.92 Å². The molecule has 2 N–H and O–H groups in total. The molecule has 5 nitrogen and oxygen atoms in total. The summed E-state index contributed by atoms with van der Waals surface area (Å²) in [6.07, 6.45) is 1.86. The molecule has 0 spiro atoms. The van der Waals surface area contributed by atoms with Gasteiger partial charge in [0.05, 0.1) is 12.3 Å². The summed E-state index contributed by atoms with van der Waals surface area (Å²) in [5, 5.41) is 3.01. The van der Waals surface area contributed by atoms with Crippen LogP contribution in [0.25, 0.3) is 0 Å². The molecule has 0 fully saturated rings. The molecule has 0 aliphatic rings. The smallest absolute Gasteiger partial charge is 0.251 e. The van der Waals surface area contributed by atoms with Gasteiger partial charge in [0.15, 0.2) is 0 Å². The molecule has 0 aliphatic carbocycles.